The zero-order valence-electron chi connectivity index (χ0n) is 42.1. The van der Waals surface area contributed by atoms with Crippen LogP contribution in [-0.2, 0) is 14.4 Å². The van der Waals surface area contributed by atoms with Crippen LogP contribution in [0.5, 0.6) is 0 Å². The first-order chi connectivity index (χ1) is 33.9. The van der Waals surface area contributed by atoms with Crippen molar-refractivity contribution in [3.63, 3.8) is 0 Å². The van der Waals surface area contributed by atoms with Gasteiger partial charge in [0.2, 0.25) is 23.7 Å². The lowest BCUT2D eigenvalue weighted by Crippen LogP contribution is -2.57. The van der Waals surface area contributed by atoms with Gasteiger partial charge < -0.3 is 41.1 Å². The monoisotopic (exact) mass is 985 g/mol. The van der Waals surface area contributed by atoms with Gasteiger partial charge >= 0.3 is 0 Å². The van der Waals surface area contributed by atoms with E-state index < -0.39 is 29.5 Å². The normalized spacial score (nSPS) is 16.9. The number of likely N-dealkylation sites (tertiary alicyclic amines) is 1. The maximum atomic E-state index is 14.1. The van der Waals surface area contributed by atoms with Crippen molar-refractivity contribution in [2.45, 2.75) is 130 Å². The largest absolute Gasteiger partial charge is 0.391 e. The Hall–Kier alpha value is -6.72. The summed E-state index contributed by atoms with van der Waals surface area (Å²) in [4.78, 5) is 87.4. The molecule has 3 aromatic carbocycles. The van der Waals surface area contributed by atoms with Crippen LogP contribution < -0.4 is 31.1 Å². The number of rotatable bonds is 19. The number of nitrogens with zero attached hydrogens (tertiary/aromatic N) is 6. The van der Waals surface area contributed by atoms with Crippen LogP contribution in [0.2, 0.25) is 0 Å². The zero-order chi connectivity index (χ0) is 51.0. The summed E-state index contributed by atoms with van der Waals surface area (Å²) in [5.41, 5.74) is 7.32. The van der Waals surface area contributed by atoms with Gasteiger partial charge in [-0.05, 0) is 93.0 Å². The molecule has 0 aliphatic carbocycles. The van der Waals surface area contributed by atoms with E-state index in [2.05, 4.69) is 50.0 Å². The number of hydrogen-bond donors (Lipinski definition) is 5. The van der Waals surface area contributed by atoms with E-state index in [0.29, 0.717) is 47.2 Å². The van der Waals surface area contributed by atoms with Crippen LogP contribution >= 0.6 is 11.3 Å². The van der Waals surface area contributed by atoms with Crippen molar-refractivity contribution in [2.75, 3.05) is 35.3 Å². The van der Waals surface area contributed by atoms with Gasteiger partial charge in [-0.25, -0.2) is 9.97 Å². The lowest BCUT2D eigenvalue weighted by Gasteiger charge is -2.35. The fourth-order valence-electron chi connectivity index (χ4n) is 9.07. The number of aliphatic hydroxyl groups excluding tert-OH is 1. The second kappa shape index (κ2) is 23.0. The number of unbranched alkanes of at least 4 members (excludes halogenated alkanes) is 4. The van der Waals surface area contributed by atoms with E-state index in [1.54, 1.807) is 53.7 Å². The van der Waals surface area contributed by atoms with Crippen molar-refractivity contribution < 1.29 is 29.1 Å². The summed E-state index contributed by atoms with van der Waals surface area (Å²) < 4.78 is 0. The highest BCUT2D eigenvalue weighted by atomic mass is 32.1. The first-order valence-corrected chi connectivity index (χ1v) is 25.6. The van der Waals surface area contributed by atoms with Gasteiger partial charge in [0.1, 0.15) is 17.8 Å². The Morgan fingerprint density at radius 1 is 0.887 bits per heavy atom. The second-order valence-electron chi connectivity index (χ2n) is 19.8. The lowest BCUT2D eigenvalue weighted by atomic mass is 9.85. The Balaban J connectivity index is 0.826. The van der Waals surface area contributed by atoms with Crippen LogP contribution in [0, 0.1) is 12.3 Å². The number of nitrogens with one attached hydrogen (secondary N) is 4. The van der Waals surface area contributed by atoms with E-state index in [0.717, 1.165) is 59.5 Å². The van der Waals surface area contributed by atoms with E-state index in [9.17, 15) is 29.1 Å². The van der Waals surface area contributed by atoms with Crippen LogP contribution in [0.1, 0.15) is 131 Å². The summed E-state index contributed by atoms with van der Waals surface area (Å²) >= 11 is 1.58. The van der Waals surface area contributed by atoms with E-state index in [-0.39, 0.29) is 55.1 Å². The van der Waals surface area contributed by atoms with Crippen LogP contribution in [0.15, 0.2) is 84.5 Å². The maximum Gasteiger partial charge on any atom is 0.260 e. The quantitative estimate of drug-likeness (QED) is 0.0496. The molecule has 5 amide bonds. The van der Waals surface area contributed by atoms with Gasteiger partial charge in [0, 0.05) is 50.3 Å². The molecule has 7 rings (SSSR count). The number of carbonyl (C=O) groups is 5. The fraction of sp³-hybridized carbons (Fsp3) is 0.444. The molecule has 1 saturated heterocycles. The topological polar surface area (TPSA) is 202 Å². The molecule has 2 aliphatic rings. The summed E-state index contributed by atoms with van der Waals surface area (Å²) in [5, 5.41) is 22.9. The first-order valence-electron chi connectivity index (χ1n) is 24.7. The van der Waals surface area contributed by atoms with Crippen molar-refractivity contribution in [1.82, 2.24) is 35.8 Å². The Kier molecular flexibility index (Phi) is 16.9. The maximum absolute atomic E-state index is 14.1. The summed E-state index contributed by atoms with van der Waals surface area (Å²) in [5.74, 6) is -0.299. The standard InChI is InChI=1S/C54H68N10O6S/c1-9-33(2)64-42-18-15-14-17-41(42)51(69)62(8)44-30-56-53(61-48(44)64)59-39-26-24-38(25-27-39)49(67)55-28-16-12-10-11-13-19-45(66)60-47(54(5,6)7)52(70)63-31-40(65)29-43(63)50(68)58-34(3)36-20-22-37(23-21-36)46-35(4)57-32-71-46/h14-15,17-18,20-27,30,32-34,40,43,47,65H,9-13,16,19,28-29,31H2,1-8H3,(H,55,67)(H,58,68)(H,60,66)(H,56,59,61)/t33?,34-,40+,43-,47+/m0/s1. The van der Waals surface area contributed by atoms with E-state index in [1.165, 1.54) is 4.90 Å². The van der Waals surface area contributed by atoms with Gasteiger partial charge in [-0.15, -0.1) is 11.3 Å². The molecule has 17 heteroatoms. The van der Waals surface area contributed by atoms with Crippen molar-refractivity contribution in [2.24, 2.45) is 5.41 Å². The molecule has 5 atom stereocenters. The fourth-order valence-corrected chi connectivity index (χ4v) is 9.88. The number of hydrogen-bond acceptors (Lipinski definition) is 12. The number of fused-ring (bicyclic) bond motifs is 2. The molecule has 0 bridgehead atoms. The molecule has 5 N–H and O–H groups in total. The molecule has 376 valence electrons. The van der Waals surface area contributed by atoms with Crippen molar-refractivity contribution in [3.05, 3.63) is 107 Å². The molecule has 2 aromatic heterocycles. The number of thiazole rings is 1. The van der Waals surface area contributed by atoms with Crippen molar-refractivity contribution in [1.29, 1.82) is 0 Å². The predicted octanol–water partition coefficient (Wildman–Crippen LogP) is 8.62. The average molecular weight is 985 g/mol. The second-order valence-corrected chi connectivity index (χ2v) is 20.6. The van der Waals surface area contributed by atoms with Crippen LogP contribution in [-0.4, -0.2) is 98.9 Å². The predicted molar refractivity (Wildman–Crippen MR) is 279 cm³/mol. The molecule has 4 heterocycles. The van der Waals surface area contributed by atoms with Gasteiger partial charge in [-0.2, -0.15) is 4.98 Å². The number of amides is 5. The molecular formula is C54H68N10O6S. The first kappa shape index (κ1) is 52.1. The van der Waals surface area contributed by atoms with Crippen LogP contribution in [0.25, 0.3) is 10.4 Å². The third-order valence-corrected chi connectivity index (χ3v) is 14.4. The number of aromatic nitrogens is 3. The Bertz CT molecular complexity index is 2690. The number of anilines is 5. The summed E-state index contributed by atoms with van der Waals surface area (Å²) in [6.45, 7) is 14.2. The molecule has 1 fully saturated rings. The number of para-hydroxylation sites is 1. The molecular weight excluding hydrogens is 917 g/mol. The summed E-state index contributed by atoms with van der Waals surface area (Å²) in [6.07, 6.45) is 5.96. The molecule has 0 spiro atoms. The van der Waals surface area contributed by atoms with E-state index in [4.69, 9.17) is 4.98 Å². The zero-order valence-corrected chi connectivity index (χ0v) is 42.9. The minimum atomic E-state index is -0.892. The molecule has 16 nitrogen and oxygen atoms in total. The molecule has 5 aromatic rings. The van der Waals surface area contributed by atoms with Gasteiger partial charge in [0.15, 0.2) is 5.82 Å². The van der Waals surface area contributed by atoms with Crippen LogP contribution in [0.3, 0.4) is 0 Å². The van der Waals surface area contributed by atoms with Gasteiger partial charge in [0.05, 0.1) is 45.7 Å². The Morgan fingerprint density at radius 3 is 2.28 bits per heavy atom. The third kappa shape index (κ3) is 12.4. The average Bonchev–Trinajstić information content (AvgIpc) is 3.96. The lowest BCUT2D eigenvalue weighted by molar-refractivity contribution is -0.144. The molecule has 0 saturated carbocycles. The van der Waals surface area contributed by atoms with E-state index >= 15 is 0 Å². The number of β-amino-alcohol motifs (C(OH)–C–C–N with tert-alkyl or cyclic N) is 1. The van der Waals surface area contributed by atoms with E-state index in [1.807, 2.05) is 88.7 Å². The number of benzene rings is 3. The Labute approximate surface area is 421 Å². The summed E-state index contributed by atoms with van der Waals surface area (Å²) in [6, 6.07) is 20.6. The highest BCUT2D eigenvalue weighted by molar-refractivity contribution is 7.13. The number of aliphatic hydroxyl groups is 1. The highest BCUT2D eigenvalue weighted by Crippen LogP contribution is 2.41. The molecule has 2 aliphatic heterocycles. The smallest absolute Gasteiger partial charge is 0.260 e. The number of aryl methyl sites for hydroxylation is 1. The third-order valence-electron chi connectivity index (χ3n) is 13.4. The Morgan fingerprint density at radius 2 is 1.59 bits per heavy atom. The van der Waals surface area contributed by atoms with Crippen LogP contribution in [0.4, 0.5) is 28.8 Å². The van der Waals surface area contributed by atoms with Gasteiger partial charge in [-0.3, -0.25) is 24.0 Å². The summed E-state index contributed by atoms with van der Waals surface area (Å²) in [7, 11) is 1.73. The molecule has 0 radical (unpaired) electrons. The van der Waals surface area contributed by atoms with Crippen molar-refractivity contribution in [3.8, 4) is 10.4 Å². The number of carbonyl (C=O) groups excluding carboxylic acids is 5. The van der Waals surface area contributed by atoms with Gasteiger partial charge in [-0.1, -0.05) is 83.4 Å². The SMILES string of the molecule is CCC(C)N1c2ccccc2C(=O)N(C)c2cnc(Nc3ccc(C(=O)NCCCCCCCC(=O)N[C@H](C(=O)N4C[C@H](O)C[C@H]4C(=O)N[C@@H](C)c4ccc(-c5scnc5C)cc4)C(C)(C)C)cc3)nc21. The highest BCUT2D eigenvalue weighted by Gasteiger charge is 2.45. The minimum Gasteiger partial charge on any atom is -0.391 e. The minimum absolute atomic E-state index is 0.00589. The van der Waals surface area contributed by atoms with Crippen molar-refractivity contribution >= 4 is 69.7 Å². The molecule has 71 heavy (non-hydrogen) atoms. The van der Waals surface area contributed by atoms with Gasteiger partial charge in [0.25, 0.3) is 11.8 Å². The molecule has 1 unspecified atom stereocenters.